The van der Waals surface area contributed by atoms with Crippen molar-refractivity contribution in [2.24, 2.45) is 0 Å². The summed E-state index contributed by atoms with van der Waals surface area (Å²) in [6.45, 7) is 4.36. The number of rotatable bonds is 3. The molecule has 0 unspecified atom stereocenters. The van der Waals surface area contributed by atoms with E-state index in [2.05, 4.69) is 36.1 Å². The number of nitrogens with zero attached hydrogens (tertiary/aromatic N) is 1. The molecule has 2 N–H and O–H groups in total. The molecule has 2 aromatic rings. The normalized spacial score (nSPS) is 14.5. The third kappa shape index (κ3) is 2.47. The van der Waals surface area contributed by atoms with Gasteiger partial charge in [0, 0.05) is 27.7 Å². The van der Waals surface area contributed by atoms with Crippen molar-refractivity contribution in [2.45, 2.75) is 32.7 Å². The molecule has 3 rings (SSSR count). The molecule has 19 heavy (non-hydrogen) atoms. The lowest BCUT2D eigenvalue weighted by Gasteiger charge is -2.31. The molecule has 0 atom stereocenters. The van der Waals surface area contributed by atoms with Crippen molar-refractivity contribution in [3.8, 4) is 0 Å². The summed E-state index contributed by atoms with van der Waals surface area (Å²) in [5.74, 6) is 0. The van der Waals surface area contributed by atoms with Gasteiger partial charge in [-0.05, 0) is 49.1 Å². The quantitative estimate of drug-likeness (QED) is 0.860. The molecule has 0 saturated heterocycles. The first-order chi connectivity index (χ1) is 9.28. The maximum absolute atomic E-state index is 6.10. The minimum Gasteiger partial charge on any atom is -0.398 e. The summed E-state index contributed by atoms with van der Waals surface area (Å²) < 4.78 is 0. The van der Waals surface area contributed by atoms with Crippen LogP contribution in [0.2, 0.25) is 0 Å². The number of anilines is 2. The Morgan fingerprint density at radius 2 is 2.05 bits per heavy atom. The first kappa shape index (κ1) is 12.5. The van der Waals surface area contributed by atoms with E-state index >= 15 is 0 Å². The van der Waals surface area contributed by atoms with E-state index in [0.29, 0.717) is 0 Å². The van der Waals surface area contributed by atoms with E-state index in [0.717, 1.165) is 31.6 Å². The number of hydrogen-bond acceptors (Lipinski definition) is 3. The third-order valence-electron chi connectivity index (χ3n) is 3.80. The second-order valence-electron chi connectivity index (χ2n) is 5.09. The van der Waals surface area contributed by atoms with Crippen molar-refractivity contribution >= 4 is 22.7 Å². The predicted molar refractivity (Wildman–Crippen MR) is 83.9 cm³/mol. The zero-order valence-electron chi connectivity index (χ0n) is 11.4. The summed E-state index contributed by atoms with van der Waals surface area (Å²) in [6, 6.07) is 10.8. The molecular weight excluding hydrogens is 252 g/mol. The van der Waals surface area contributed by atoms with Crippen molar-refractivity contribution in [3.63, 3.8) is 0 Å². The topological polar surface area (TPSA) is 29.3 Å². The van der Waals surface area contributed by atoms with Crippen molar-refractivity contribution in [2.75, 3.05) is 17.2 Å². The minimum atomic E-state index is 0.947. The summed E-state index contributed by atoms with van der Waals surface area (Å²) in [7, 11) is 0. The Kier molecular flexibility index (Phi) is 3.47. The third-order valence-corrected chi connectivity index (χ3v) is 5.01. The van der Waals surface area contributed by atoms with E-state index in [1.54, 1.807) is 0 Å². The Balaban J connectivity index is 1.85. The van der Waals surface area contributed by atoms with Crippen LogP contribution in [0.3, 0.4) is 0 Å². The minimum absolute atomic E-state index is 0.947. The molecule has 1 aromatic heterocycles. The molecule has 3 heteroatoms. The van der Waals surface area contributed by atoms with Crippen LogP contribution in [0.25, 0.3) is 0 Å². The standard InChI is InChI=1S/C16H20N2S/c1-2-12-8-9-13(19-12)11-18-10-4-5-14-15(17)6-3-7-16(14)18/h3,6-9H,2,4-5,10-11,17H2,1H3. The number of hydrogen-bond donors (Lipinski definition) is 1. The van der Waals surface area contributed by atoms with Gasteiger partial charge in [-0.2, -0.15) is 0 Å². The molecule has 1 aliphatic rings. The lowest BCUT2D eigenvalue weighted by molar-refractivity contribution is 0.696. The average molecular weight is 272 g/mol. The van der Waals surface area contributed by atoms with Crippen LogP contribution in [-0.2, 0) is 19.4 Å². The van der Waals surface area contributed by atoms with E-state index < -0.39 is 0 Å². The van der Waals surface area contributed by atoms with Crippen molar-refractivity contribution < 1.29 is 0 Å². The van der Waals surface area contributed by atoms with Crippen molar-refractivity contribution in [3.05, 3.63) is 45.6 Å². The largest absolute Gasteiger partial charge is 0.398 e. The lowest BCUT2D eigenvalue weighted by atomic mass is 10.00. The molecule has 0 saturated carbocycles. The number of benzene rings is 1. The van der Waals surface area contributed by atoms with Gasteiger partial charge >= 0.3 is 0 Å². The van der Waals surface area contributed by atoms with E-state index in [4.69, 9.17) is 5.73 Å². The highest BCUT2D eigenvalue weighted by Gasteiger charge is 2.18. The van der Waals surface area contributed by atoms with Gasteiger partial charge in [-0.3, -0.25) is 0 Å². The van der Waals surface area contributed by atoms with Gasteiger partial charge in [0.2, 0.25) is 0 Å². The van der Waals surface area contributed by atoms with Gasteiger partial charge in [0.15, 0.2) is 0 Å². The van der Waals surface area contributed by atoms with Crippen LogP contribution in [0, 0.1) is 0 Å². The number of nitrogen functional groups attached to an aromatic ring is 1. The summed E-state index contributed by atoms with van der Waals surface area (Å²) in [6.07, 6.45) is 3.45. The number of thiophene rings is 1. The molecule has 1 aliphatic heterocycles. The summed E-state index contributed by atoms with van der Waals surface area (Å²) in [5.41, 5.74) is 9.71. The Bertz CT molecular complexity index is 574. The Morgan fingerprint density at radius 3 is 2.84 bits per heavy atom. The zero-order chi connectivity index (χ0) is 13.2. The highest BCUT2D eigenvalue weighted by molar-refractivity contribution is 7.12. The highest BCUT2D eigenvalue weighted by atomic mass is 32.1. The Hall–Kier alpha value is -1.48. The van der Waals surface area contributed by atoms with Crippen LogP contribution in [0.15, 0.2) is 30.3 Å². The Morgan fingerprint density at radius 1 is 1.21 bits per heavy atom. The molecular formula is C16H20N2S. The highest BCUT2D eigenvalue weighted by Crippen LogP contribution is 2.33. The zero-order valence-corrected chi connectivity index (χ0v) is 12.2. The molecule has 0 aliphatic carbocycles. The smallest absolute Gasteiger partial charge is 0.0523 e. The lowest BCUT2D eigenvalue weighted by Crippen LogP contribution is -2.28. The number of aryl methyl sites for hydroxylation is 1. The van der Waals surface area contributed by atoms with Crippen LogP contribution >= 0.6 is 11.3 Å². The van der Waals surface area contributed by atoms with E-state index in [9.17, 15) is 0 Å². The molecule has 2 nitrogen and oxygen atoms in total. The molecule has 0 radical (unpaired) electrons. The Labute approximate surface area is 118 Å². The summed E-state index contributed by atoms with van der Waals surface area (Å²) in [4.78, 5) is 5.40. The summed E-state index contributed by atoms with van der Waals surface area (Å²) in [5, 5.41) is 0. The van der Waals surface area contributed by atoms with Crippen LogP contribution in [0.1, 0.15) is 28.7 Å². The number of fused-ring (bicyclic) bond motifs is 1. The van der Waals surface area contributed by atoms with Crippen LogP contribution in [0.4, 0.5) is 11.4 Å². The van der Waals surface area contributed by atoms with E-state index in [1.165, 1.54) is 27.4 Å². The van der Waals surface area contributed by atoms with Crippen molar-refractivity contribution in [1.29, 1.82) is 0 Å². The summed E-state index contributed by atoms with van der Waals surface area (Å²) >= 11 is 1.93. The first-order valence-electron chi connectivity index (χ1n) is 6.98. The fourth-order valence-electron chi connectivity index (χ4n) is 2.78. The van der Waals surface area contributed by atoms with Gasteiger partial charge in [-0.15, -0.1) is 11.3 Å². The monoisotopic (exact) mass is 272 g/mol. The van der Waals surface area contributed by atoms with Crippen LogP contribution < -0.4 is 10.6 Å². The molecule has 100 valence electrons. The van der Waals surface area contributed by atoms with E-state index in [-0.39, 0.29) is 0 Å². The fourth-order valence-corrected chi connectivity index (χ4v) is 3.75. The molecule has 2 heterocycles. The van der Waals surface area contributed by atoms with Gasteiger partial charge in [0.05, 0.1) is 6.54 Å². The second-order valence-corrected chi connectivity index (χ2v) is 6.34. The molecule has 0 bridgehead atoms. The van der Waals surface area contributed by atoms with Gasteiger partial charge in [0.1, 0.15) is 0 Å². The van der Waals surface area contributed by atoms with Crippen LogP contribution in [-0.4, -0.2) is 6.54 Å². The maximum Gasteiger partial charge on any atom is 0.0523 e. The van der Waals surface area contributed by atoms with Crippen molar-refractivity contribution in [1.82, 2.24) is 0 Å². The fraction of sp³-hybridized carbons (Fsp3) is 0.375. The second kappa shape index (κ2) is 5.25. The van der Waals surface area contributed by atoms with Gasteiger partial charge in [-0.25, -0.2) is 0 Å². The SMILES string of the molecule is CCc1ccc(CN2CCCc3c(N)cccc32)s1. The maximum atomic E-state index is 6.10. The molecule has 1 aromatic carbocycles. The van der Waals surface area contributed by atoms with E-state index in [1.807, 2.05) is 17.4 Å². The van der Waals surface area contributed by atoms with Gasteiger partial charge in [0.25, 0.3) is 0 Å². The van der Waals surface area contributed by atoms with Gasteiger partial charge < -0.3 is 10.6 Å². The molecule has 0 spiro atoms. The number of nitrogens with two attached hydrogens (primary N) is 1. The van der Waals surface area contributed by atoms with Gasteiger partial charge in [-0.1, -0.05) is 13.0 Å². The van der Waals surface area contributed by atoms with Crippen LogP contribution in [0.5, 0.6) is 0 Å². The predicted octanol–water partition coefficient (Wildman–Crippen LogP) is 3.85. The average Bonchev–Trinajstić information content (AvgIpc) is 2.88. The molecule has 0 fully saturated rings. The first-order valence-corrected chi connectivity index (χ1v) is 7.79. The molecule has 0 amide bonds.